The lowest BCUT2D eigenvalue weighted by atomic mass is 10.2. The maximum Gasteiger partial charge on any atom is 0.0429 e. The molecule has 2 aromatic rings. The standard InChI is InChI=1S/C15H16IN/c1-2-17(12-13-6-4-3-5-7-13)15-10-8-14(16)9-11-15/h3-11H,2,12H2,1H3. The summed E-state index contributed by atoms with van der Waals surface area (Å²) in [6, 6.07) is 19.3. The lowest BCUT2D eigenvalue weighted by Crippen LogP contribution is -2.21. The lowest BCUT2D eigenvalue weighted by molar-refractivity contribution is 0.832. The highest BCUT2D eigenvalue weighted by molar-refractivity contribution is 14.1. The van der Waals surface area contributed by atoms with Gasteiger partial charge in [0.1, 0.15) is 0 Å². The second-order valence-corrected chi connectivity index (χ2v) is 5.22. The third kappa shape index (κ3) is 3.46. The van der Waals surface area contributed by atoms with Crippen LogP contribution in [0.1, 0.15) is 12.5 Å². The lowest BCUT2D eigenvalue weighted by Gasteiger charge is -2.23. The molecule has 0 heterocycles. The van der Waals surface area contributed by atoms with Crippen molar-refractivity contribution >= 4 is 28.3 Å². The SMILES string of the molecule is CCN(Cc1ccccc1)c1ccc(I)cc1. The summed E-state index contributed by atoms with van der Waals surface area (Å²) >= 11 is 2.34. The molecule has 0 aromatic heterocycles. The number of hydrogen-bond donors (Lipinski definition) is 0. The van der Waals surface area contributed by atoms with E-state index in [1.54, 1.807) is 0 Å². The van der Waals surface area contributed by atoms with Gasteiger partial charge in [0.2, 0.25) is 0 Å². The molecule has 0 bridgehead atoms. The zero-order valence-electron chi connectivity index (χ0n) is 9.94. The van der Waals surface area contributed by atoms with Crippen molar-refractivity contribution in [2.75, 3.05) is 11.4 Å². The Morgan fingerprint density at radius 1 is 0.941 bits per heavy atom. The van der Waals surface area contributed by atoms with Gasteiger partial charge in [0, 0.05) is 22.3 Å². The molecule has 0 saturated carbocycles. The highest BCUT2D eigenvalue weighted by Crippen LogP contribution is 2.18. The van der Waals surface area contributed by atoms with Crippen LogP contribution in [0.2, 0.25) is 0 Å². The molecule has 17 heavy (non-hydrogen) atoms. The molecule has 0 fully saturated rings. The minimum atomic E-state index is 0.970. The van der Waals surface area contributed by atoms with Crippen LogP contribution in [0.5, 0.6) is 0 Å². The molecule has 2 heteroatoms. The number of nitrogens with zero attached hydrogens (tertiary/aromatic N) is 1. The normalized spacial score (nSPS) is 10.2. The Balaban J connectivity index is 2.14. The molecule has 1 nitrogen and oxygen atoms in total. The molecule has 0 amide bonds. The van der Waals surface area contributed by atoms with Crippen molar-refractivity contribution in [1.82, 2.24) is 0 Å². The van der Waals surface area contributed by atoms with Crippen molar-refractivity contribution in [3.8, 4) is 0 Å². The number of benzene rings is 2. The van der Waals surface area contributed by atoms with Crippen LogP contribution in [0.4, 0.5) is 5.69 Å². The van der Waals surface area contributed by atoms with Gasteiger partial charge < -0.3 is 4.90 Å². The van der Waals surface area contributed by atoms with Crippen molar-refractivity contribution in [1.29, 1.82) is 0 Å². The van der Waals surface area contributed by atoms with Crippen LogP contribution in [0.25, 0.3) is 0 Å². The van der Waals surface area contributed by atoms with Gasteiger partial charge in [-0.15, -0.1) is 0 Å². The van der Waals surface area contributed by atoms with Gasteiger partial charge in [0.05, 0.1) is 0 Å². The molecule has 0 unspecified atom stereocenters. The molecule has 88 valence electrons. The minimum Gasteiger partial charge on any atom is -0.367 e. The smallest absolute Gasteiger partial charge is 0.0429 e. The van der Waals surface area contributed by atoms with Crippen LogP contribution in [0, 0.1) is 3.57 Å². The van der Waals surface area contributed by atoms with Crippen LogP contribution >= 0.6 is 22.6 Å². The third-order valence-corrected chi connectivity index (χ3v) is 3.51. The summed E-state index contributed by atoms with van der Waals surface area (Å²) in [5, 5.41) is 0. The average molecular weight is 337 g/mol. The fraction of sp³-hybridized carbons (Fsp3) is 0.200. The Kier molecular flexibility index (Phi) is 4.42. The van der Waals surface area contributed by atoms with Crippen molar-refractivity contribution in [2.24, 2.45) is 0 Å². The van der Waals surface area contributed by atoms with E-state index in [2.05, 4.69) is 89.0 Å². The first-order valence-electron chi connectivity index (χ1n) is 5.84. The average Bonchev–Trinajstić information content (AvgIpc) is 2.38. The fourth-order valence-corrected chi connectivity index (χ4v) is 2.20. The number of hydrogen-bond acceptors (Lipinski definition) is 1. The Morgan fingerprint density at radius 2 is 1.59 bits per heavy atom. The van der Waals surface area contributed by atoms with Gasteiger partial charge in [-0.05, 0) is 59.3 Å². The van der Waals surface area contributed by atoms with E-state index >= 15 is 0 Å². The Hall–Kier alpha value is -1.03. The van der Waals surface area contributed by atoms with Crippen LogP contribution in [0.15, 0.2) is 54.6 Å². The molecule has 0 spiro atoms. The molecule has 2 rings (SSSR count). The van der Waals surface area contributed by atoms with E-state index in [1.807, 2.05) is 0 Å². The maximum atomic E-state index is 2.38. The third-order valence-electron chi connectivity index (χ3n) is 2.79. The molecular formula is C15H16IN. The summed E-state index contributed by atoms with van der Waals surface area (Å²) in [7, 11) is 0. The topological polar surface area (TPSA) is 3.24 Å². The second-order valence-electron chi connectivity index (χ2n) is 3.98. The Morgan fingerprint density at radius 3 is 2.18 bits per heavy atom. The maximum absolute atomic E-state index is 2.38. The zero-order chi connectivity index (χ0) is 12.1. The summed E-state index contributed by atoms with van der Waals surface area (Å²) < 4.78 is 1.28. The monoisotopic (exact) mass is 337 g/mol. The summed E-state index contributed by atoms with van der Waals surface area (Å²) in [6.07, 6.45) is 0. The van der Waals surface area contributed by atoms with Crippen molar-refractivity contribution < 1.29 is 0 Å². The number of anilines is 1. The zero-order valence-corrected chi connectivity index (χ0v) is 12.1. The Bertz CT molecular complexity index is 450. The molecule has 0 atom stereocenters. The van der Waals surface area contributed by atoms with Crippen LogP contribution < -0.4 is 4.90 Å². The fourth-order valence-electron chi connectivity index (χ4n) is 1.84. The van der Waals surface area contributed by atoms with Crippen molar-refractivity contribution in [3.63, 3.8) is 0 Å². The molecule has 0 aliphatic heterocycles. The first kappa shape index (κ1) is 12.4. The Labute approximate surface area is 117 Å². The van der Waals surface area contributed by atoms with Crippen LogP contribution in [0.3, 0.4) is 0 Å². The van der Waals surface area contributed by atoms with E-state index in [1.165, 1.54) is 14.8 Å². The number of rotatable bonds is 4. The molecule has 0 aliphatic rings. The predicted octanol–water partition coefficient (Wildman–Crippen LogP) is 4.32. The molecule has 2 aromatic carbocycles. The van der Waals surface area contributed by atoms with Crippen LogP contribution in [-0.2, 0) is 6.54 Å². The molecule has 0 N–H and O–H groups in total. The van der Waals surface area contributed by atoms with Gasteiger partial charge in [-0.25, -0.2) is 0 Å². The van der Waals surface area contributed by atoms with Gasteiger partial charge in [-0.1, -0.05) is 30.3 Å². The van der Waals surface area contributed by atoms with E-state index in [0.717, 1.165) is 13.1 Å². The van der Waals surface area contributed by atoms with Gasteiger partial charge in [0.15, 0.2) is 0 Å². The first-order chi connectivity index (χ1) is 8.29. The molecule has 0 saturated heterocycles. The summed E-state index contributed by atoms with van der Waals surface area (Å²) in [6.45, 7) is 4.19. The summed E-state index contributed by atoms with van der Waals surface area (Å²) in [5.74, 6) is 0. The highest BCUT2D eigenvalue weighted by atomic mass is 127. The second kappa shape index (κ2) is 6.05. The van der Waals surface area contributed by atoms with Gasteiger partial charge in [0.25, 0.3) is 0 Å². The van der Waals surface area contributed by atoms with Crippen molar-refractivity contribution in [2.45, 2.75) is 13.5 Å². The van der Waals surface area contributed by atoms with Crippen LogP contribution in [-0.4, -0.2) is 6.54 Å². The van der Waals surface area contributed by atoms with Gasteiger partial charge in [-0.3, -0.25) is 0 Å². The van der Waals surface area contributed by atoms with E-state index < -0.39 is 0 Å². The van der Waals surface area contributed by atoms with E-state index in [4.69, 9.17) is 0 Å². The molecule has 0 radical (unpaired) electrons. The minimum absolute atomic E-state index is 0.970. The summed E-state index contributed by atoms with van der Waals surface area (Å²) in [5.41, 5.74) is 2.64. The van der Waals surface area contributed by atoms with E-state index in [-0.39, 0.29) is 0 Å². The largest absolute Gasteiger partial charge is 0.367 e. The van der Waals surface area contributed by atoms with E-state index in [0.29, 0.717) is 0 Å². The summed E-state index contributed by atoms with van der Waals surface area (Å²) in [4.78, 5) is 2.38. The number of halogens is 1. The van der Waals surface area contributed by atoms with Gasteiger partial charge >= 0.3 is 0 Å². The molecule has 0 aliphatic carbocycles. The molecular weight excluding hydrogens is 321 g/mol. The van der Waals surface area contributed by atoms with Gasteiger partial charge in [-0.2, -0.15) is 0 Å². The highest BCUT2D eigenvalue weighted by Gasteiger charge is 2.04. The van der Waals surface area contributed by atoms with Crippen molar-refractivity contribution in [3.05, 3.63) is 63.7 Å². The predicted molar refractivity (Wildman–Crippen MR) is 82.3 cm³/mol. The van der Waals surface area contributed by atoms with E-state index in [9.17, 15) is 0 Å². The quantitative estimate of drug-likeness (QED) is 0.751. The first-order valence-corrected chi connectivity index (χ1v) is 6.92.